The first kappa shape index (κ1) is 33.9. The summed E-state index contributed by atoms with van der Waals surface area (Å²) in [6.07, 6.45) is 0. The molecule has 0 aliphatic heterocycles. The molecule has 0 aliphatic rings. The fourth-order valence-corrected chi connectivity index (χ4v) is 11.9. The Kier molecular flexibility index (Phi) is 7.49. The maximum atomic E-state index is 13.7. The standard InChI is InChI=1S/C51H42N2OSe/c1-27-15-31(5)47-41(19-27)42-20-28(2)16-32(6)48(42)52(47)37-23-36(35-13-14-40-46(25-35)55-45-12-10-9-11-39(45)51(40)54)24-38(26-37)53-49-33(7)17-29(3)21-43(49)44-22-30(4)18-34(8)50(44)53/h9-26H,1-8H3. The SMILES string of the molecule is Cc1cc(C)c2c(c1)c1cc(C)cc(C)c1n2-c1cc(-c2ccc3c(=O)c4ccccc4[se]c3c2)cc(-n2c3c(C)cc(C)cc3c3cc(C)cc(C)c32)c1. The van der Waals surface area contributed by atoms with Crippen molar-refractivity contribution in [1.82, 2.24) is 9.13 Å². The third-order valence-corrected chi connectivity index (χ3v) is 14.0. The molecule has 0 radical (unpaired) electrons. The van der Waals surface area contributed by atoms with E-state index in [2.05, 4.69) is 162 Å². The molecule has 7 aromatic carbocycles. The Bertz CT molecular complexity index is 3080. The van der Waals surface area contributed by atoms with Crippen LogP contribution in [0.2, 0.25) is 0 Å². The van der Waals surface area contributed by atoms with Gasteiger partial charge in [0, 0.05) is 0 Å². The minimum absolute atomic E-state index is 0.0316. The molecule has 4 heteroatoms. The second-order valence-electron chi connectivity index (χ2n) is 16.0. The van der Waals surface area contributed by atoms with Crippen LogP contribution in [0.1, 0.15) is 44.5 Å². The molecular weight excluding hydrogens is 736 g/mol. The van der Waals surface area contributed by atoms with Crippen LogP contribution in [0.4, 0.5) is 0 Å². The van der Waals surface area contributed by atoms with E-state index in [1.807, 2.05) is 12.1 Å². The summed E-state index contributed by atoms with van der Waals surface area (Å²) in [6, 6.07) is 40.5. The van der Waals surface area contributed by atoms with Crippen molar-refractivity contribution in [2.75, 3.05) is 0 Å². The zero-order chi connectivity index (χ0) is 38.0. The van der Waals surface area contributed by atoms with E-state index in [0.29, 0.717) is 0 Å². The number of aromatic nitrogens is 2. The number of hydrogen-bond donors (Lipinski definition) is 0. The Morgan fingerprint density at radius 3 is 1.25 bits per heavy atom. The zero-order valence-corrected chi connectivity index (χ0v) is 34.3. The summed E-state index contributed by atoms with van der Waals surface area (Å²) in [7, 11) is 0. The molecule has 0 saturated heterocycles. The van der Waals surface area contributed by atoms with Gasteiger partial charge in [-0.3, -0.25) is 0 Å². The fourth-order valence-electron chi connectivity index (χ4n) is 9.59. The van der Waals surface area contributed by atoms with Crippen molar-refractivity contribution in [1.29, 1.82) is 0 Å². The molecule has 0 N–H and O–H groups in total. The maximum absolute atomic E-state index is 13.7. The number of nitrogens with zero attached hydrogens (tertiary/aromatic N) is 2. The normalized spacial score (nSPS) is 12.1. The van der Waals surface area contributed by atoms with E-state index in [9.17, 15) is 4.79 Å². The van der Waals surface area contributed by atoms with Crippen molar-refractivity contribution in [3.8, 4) is 22.5 Å². The van der Waals surface area contributed by atoms with Crippen LogP contribution in [0.5, 0.6) is 0 Å². The third kappa shape index (κ3) is 5.12. The number of rotatable bonds is 3. The van der Waals surface area contributed by atoms with Gasteiger partial charge >= 0.3 is 328 Å². The van der Waals surface area contributed by atoms with Gasteiger partial charge in [0.2, 0.25) is 0 Å². The molecule has 0 unspecified atom stereocenters. The van der Waals surface area contributed by atoms with Crippen LogP contribution in [-0.2, 0) is 0 Å². The molecule has 0 bridgehead atoms. The average molecular weight is 778 g/mol. The van der Waals surface area contributed by atoms with E-state index in [1.165, 1.54) is 88.1 Å². The second-order valence-corrected chi connectivity index (χ2v) is 18.2. The van der Waals surface area contributed by atoms with Crippen LogP contribution >= 0.6 is 0 Å². The Labute approximate surface area is 326 Å². The van der Waals surface area contributed by atoms with Gasteiger partial charge in [0.1, 0.15) is 0 Å². The Balaban J connectivity index is 1.37. The molecule has 55 heavy (non-hydrogen) atoms. The molecule has 0 aliphatic carbocycles. The van der Waals surface area contributed by atoms with Gasteiger partial charge in [0.05, 0.1) is 0 Å². The molecule has 10 aromatic rings. The zero-order valence-electron chi connectivity index (χ0n) is 32.6. The van der Waals surface area contributed by atoms with Gasteiger partial charge in [-0.05, 0) is 0 Å². The van der Waals surface area contributed by atoms with Gasteiger partial charge in [-0.1, -0.05) is 0 Å². The van der Waals surface area contributed by atoms with Crippen molar-refractivity contribution < 1.29 is 0 Å². The van der Waals surface area contributed by atoms with Crippen LogP contribution in [0.25, 0.3) is 85.4 Å². The molecule has 3 nitrogen and oxygen atoms in total. The van der Waals surface area contributed by atoms with E-state index >= 15 is 0 Å². The summed E-state index contributed by atoms with van der Waals surface area (Å²) < 4.78 is 7.34. The molecule has 10 rings (SSSR count). The average Bonchev–Trinajstić information content (AvgIpc) is 3.65. The second kappa shape index (κ2) is 12.2. The molecule has 0 fully saturated rings. The van der Waals surface area contributed by atoms with E-state index in [-0.39, 0.29) is 19.9 Å². The van der Waals surface area contributed by atoms with Crippen molar-refractivity contribution >= 4 is 77.4 Å². The molecule has 0 saturated carbocycles. The van der Waals surface area contributed by atoms with E-state index in [4.69, 9.17) is 0 Å². The summed E-state index contributed by atoms with van der Waals surface area (Å²) >= 11 is 0.0316. The van der Waals surface area contributed by atoms with Crippen LogP contribution in [0.15, 0.2) is 114 Å². The van der Waals surface area contributed by atoms with E-state index in [0.717, 1.165) is 41.8 Å². The quantitative estimate of drug-likeness (QED) is 0.130. The minimum atomic E-state index is 0.0316. The van der Waals surface area contributed by atoms with Gasteiger partial charge in [0.15, 0.2) is 0 Å². The summed E-state index contributed by atoms with van der Waals surface area (Å²) in [5.41, 5.74) is 19.7. The number of aryl methyl sites for hydroxylation is 8. The fraction of sp³-hybridized carbons (Fsp3) is 0.157. The molecule has 3 heterocycles. The van der Waals surface area contributed by atoms with Gasteiger partial charge in [-0.2, -0.15) is 0 Å². The van der Waals surface area contributed by atoms with Crippen LogP contribution < -0.4 is 5.43 Å². The van der Waals surface area contributed by atoms with Crippen LogP contribution in [0.3, 0.4) is 0 Å². The number of hydrogen-bond acceptors (Lipinski definition) is 1. The predicted molar refractivity (Wildman–Crippen MR) is 237 cm³/mol. The molecule has 0 atom stereocenters. The Hall–Kier alpha value is -5.67. The molecule has 268 valence electrons. The van der Waals surface area contributed by atoms with Gasteiger partial charge in [-0.15, -0.1) is 0 Å². The third-order valence-electron chi connectivity index (χ3n) is 11.6. The first-order chi connectivity index (χ1) is 26.4. The van der Waals surface area contributed by atoms with Gasteiger partial charge < -0.3 is 0 Å². The van der Waals surface area contributed by atoms with E-state index < -0.39 is 0 Å². The first-order valence-electron chi connectivity index (χ1n) is 19.1. The molecule has 0 spiro atoms. The van der Waals surface area contributed by atoms with Gasteiger partial charge in [-0.25, -0.2) is 0 Å². The van der Waals surface area contributed by atoms with Crippen molar-refractivity contribution in [3.05, 3.63) is 164 Å². The monoisotopic (exact) mass is 778 g/mol. The molecular formula is C51H42N2OSe. The summed E-state index contributed by atoms with van der Waals surface area (Å²) in [6.45, 7) is 17.8. The molecule has 3 aromatic heterocycles. The first-order valence-corrected chi connectivity index (χ1v) is 20.8. The summed E-state index contributed by atoms with van der Waals surface area (Å²) in [5, 5.41) is 6.82. The van der Waals surface area contributed by atoms with Gasteiger partial charge in [0.25, 0.3) is 0 Å². The van der Waals surface area contributed by atoms with E-state index in [1.54, 1.807) is 0 Å². The van der Waals surface area contributed by atoms with Crippen LogP contribution in [0, 0.1) is 55.4 Å². The predicted octanol–water partition coefficient (Wildman–Crippen LogP) is 12.7. The molecule has 0 amide bonds. The van der Waals surface area contributed by atoms with Crippen molar-refractivity contribution in [2.24, 2.45) is 0 Å². The topological polar surface area (TPSA) is 26.9 Å². The number of benzene rings is 7. The Morgan fingerprint density at radius 2 is 0.800 bits per heavy atom. The number of fused-ring (bicyclic) bond motifs is 8. The van der Waals surface area contributed by atoms with Crippen LogP contribution in [-0.4, -0.2) is 23.6 Å². The summed E-state index contributed by atoms with van der Waals surface area (Å²) in [5.74, 6) is 0. The summed E-state index contributed by atoms with van der Waals surface area (Å²) in [4.78, 5) is 13.7. The Morgan fingerprint density at radius 1 is 0.382 bits per heavy atom. The van der Waals surface area contributed by atoms with Crippen molar-refractivity contribution in [2.45, 2.75) is 55.4 Å². The van der Waals surface area contributed by atoms with Crippen molar-refractivity contribution in [3.63, 3.8) is 0 Å².